The summed E-state index contributed by atoms with van der Waals surface area (Å²) >= 11 is 0. The zero-order valence-corrected chi connectivity index (χ0v) is 11.5. The number of anilines is 1. The topological polar surface area (TPSA) is 33.0 Å². The van der Waals surface area contributed by atoms with Gasteiger partial charge in [0, 0.05) is 12.1 Å². The van der Waals surface area contributed by atoms with Crippen LogP contribution in [0.15, 0.2) is 54.9 Å². The molecule has 0 aliphatic heterocycles. The van der Waals surface area contributed by atoms with E-state index in [0.717, 1.165) is 6.07 Å². The Morgan fingerprint density at radius 3 is 2.29 bits per heavy atom. The van der Waals surface area contributed by atoms with Crippen LogP contribution in [0.4, 0.5) is 18.9 Å². The van der Waals surface area contributed by atoms with Gasteiger partial charge in [-0.25, -0.2) is 0 Å². The average Bonchev–Trinajstić information content (AvgIpc) is 2.39. The highest BCUT2D eigenvalue weighted by Gasteiger charge is 2.33. The van der Waals surface area contributed by atoms with Gasteiger partial charge in [0.15, 0.2) is 12.4 Å². The smallest absolute Gasteiger partial charge is 0.418 e. The molecule has 112 valence electrons. The van der Waals surface area contributed by atoms with Crippen LogP contribution in [0.3, 0.4) is 0 Å². The first-order valence-electron chi connectivity index (χ1n) is 5.87. The van der Waals surface area contributed by atoms with Crippen LogP contribution in [0.5, 0.6) is 0 Å². The quantitative estimate of drug-likeness (QED) is 0.771. The molecule has 1 aromatic carbocycles. The summed E-state index contributed by atoms with van der Waals surface area (Å²) in [4.78, 5) is 11.8. The number of hydrogen-bond donors (Lipinski definition) is 1. The van der Waals surface area contributed by atoms with E-state index in [9.17, 15) is 18.0 Å². The Balaban J connectivity index is 0.00000220. The number of nitrogens with zero attached hydrogens (tertiary/aromatic N) is 1. The molecule has 0 spiro atoms. The van der Waals surface area contributed by atoms with Gasteiger partial charge >= 0.3 is 6.18 Å². The molecule has 7 heteroatoms. The van der Waals surface area contributed by atoms with Crippen LogP contribution in [0.2, 0.25) is 0 Å². The van der Waals surface area contributed by atoms with Crippen LogP contribution in [-0.4, -0.2) is 5.91 Å². The number of rotatable bonds is 3. The Hall–Kier alpha value is -2.08. The third kappa shape index (κ3) is 4.75. The fourth-order valence-corrected chi connectivity index (χ4v) is 1.73. The molecule has 0 fully saturated rings. The molecule has 0 atom stereocenters. The van der Waals surface area contributed by atoms with E-state index in [4.69, 9.17) is 0 Å². The average molecular weight is 317 g/mol. The maximum Gasteiger partial charge on any atom is 0.418 e. The Bertz CT molecular complexity index is 603. The number of benzene rings is 1. The van der Waals surface area contributed by atoms with Gasteiger partial charge in [-0.15, -0.1) is 0 Å². The molecular formula is C14H12ClF3N2O. The Kier molecular flexibility index (Phi) is 5.72. The molecule has 1 amide bonds. The molecule has 2 aromatic rings. The van der Waals surface area contributed by atoms with Gasteiger partial charge in [-0.3, -0.25) is 4.79 Å². The molecule has 0 bridgehead atoms. The number of alkyl halides is 3. The van der Waals surface area contributed by atoms with E-state index in [2.05, 4.69) is 5.32 Å². The van der Waals surface area contributed by atoms with Crippen LogP contribution in [-0.2, 0) is 17.5 Å². The molecule has 0 saturated heterocycles. The van der Waals surface area contributed by atoms with E-state index in [1.165, 1.54) is 18.2 Å². The molecule has 0 radical (unpaired) electrons. The van der Waals surface area contributed by atoms with Crippen LogP contribution in [0.1, 0.15) is 5.56 Å². The van der Waals surface area contributed by atoms with Crippen molar-refractivity contribution in [3.05, 3.63) is 60.4 Å². The maximum atomic E-state index is 12.8. The summed E-state index contributed by atoms with van der Waals surface area (Å²) < 4.78 is 39.9. The Labute approximate surface area is 125 Å². The van der Waals surface area contributed by atoms with Crippen LogP contribution in [0.25, 0.3) is 0 Å². The largest absolute Gasteiger partial charge is 1.00 e. The fourth-order valence-electron chi connectivity index (χ4n) is 1.73. The lowest BCUT2D eigenvalue weighted by atomic mass is 10.1. The zero-order valence-electron chi connectivity index (χ0n) is 10.8. The summed E-state index contributed by atoms with van der Waals surface area (Å²) in [6.45, 7) is -0.0486. The lowest BCUT2D eigenvalue weighted by Gasteiger charge is -2.12. The maximum absolute atomic E-state index is 12.8. The van der Waals surface area contributed by atoms with Crippen molar-refractivity contribution in [1.29, 1.82) is 0 Å². The highest BCUT2D eigenvalue weighted by atomic mass is 35.5. The number of amides is 1. The number of pyridine rings is 1. The number of para-hydroxylation sites is 1. The Morgan fingerprint density at radius 1 is 1.05 bits per heavy atom. The van der Waals surface area contributed by atoms with Crippen molar-refractivity contribution in [2.75, 3.05) is 5.32 Å². The molecule has 0 saturated carbocycles. The van der Waals surface area contributed by atoms with Crippen molar-refractivity contribution in [1.82, 2.24) is 0 Å². The number of halogens is 4. The fraction of sp³-hybridized carbons (Fsp3) is 0.143. The molecule has 1 heterocycles. The third-order valence-corrected chi connectivity index (χ3v) is 2.61. The molecule has 0 aliphatic rings. The minimum atomic E-state index is -4.50. The van der Waals surface area contributed by atoms with Crippen LogP contribution >= 0.6 is 0 Å². The molecule has 0 unspecified atom stereocenters. The van der Waals surface area contributed by atoms with E-state index in [-0.39, 0.29) is 24.6 Å². The number of aromatic nitrogens is 1. The van der Waals surface area contributed by atoms with E-state index < -0.39 is 17.6 Å². The molecule has 0 aliphatic carbocycles. The normalized spacial score (nSPS) is 10.6. The molecule has 1 aromatic heterocycles. The summed E-state index contributed by atoms with van der Waals surface area (Å²) in [6.07, 6.45) is -1.17. The van der Waals surface area contributed by atoms with Gasteiger partial charge in [-0.2, -0.15) is 17.7 Å². The van der Waals surface area contributed by atoms with Gasteiger partial charge in [0.1, 0.15) is 0 Å². The van der Waals surface area contributed by atoms with Gasteiger partial charge in [-0.05, 0) is 12.1 Å². The predicted octanol–water partition coefficient (Wildman–Crippen LogP) is -0.364. The van der Waals surface area contributed by atoms with E-state index in [0.29, 0.717) is 0 Å². The second kappa shape index (κ2) is 7.08. The van der Waals surface area contributed by atoms with Crippen molar-refractivity contribution in [3.63, 3.8) is 0 Å². The summed E-state index contributed by atoms with van der Waals surface area (Å²) in [7, 11) is 0. The lowest BCUT2D eigenvalue weighted by molar-refractivity contribution is -0.684. The van der Waals surface area contributed by atoms with E-state index in [1.807, 2.05) is 0 Å². The lowest BCUT2D eigenvalue weighted by Crippen LogP contribution is -3.00. The van der Waals surface area contributed by atoms with Crippen molar-refractivity contribution in [2.24, 2.45) is 0 Å². The van der Waals surface area contributed by atoms with E-state index in [1.54, 1.807) is 35.2 Å². The van der Waals surface area contributed by atoms with Crippen molar-refractivity contribution < 1.29 is 34.9 Å². The van der Waals surface area contributed by atoms with Gasteiger partial charge in [0.25, 0.3) is 5.91 Å². The molecule has 1 N–H and O–H groups in total. The summed E-state index contributed by atoms with van der Waals surface area (Å²) in [6, 6.07) is 10.1. The monoisotopic (exact) mass is 316 g/mol. The number of nitrogens with one attached hydrogen (secondary N) is 1. The predicted molar refractivity (Wildman–Crippen MR) is 66.7 cm³/mol. The third-order valence-electron chi connectivity index (χ3n) is 2.61. The molecule has 3 nitrogen and oxygen atoms in total. The summed E-state index contributed by atoms with van der Waals surface area (Å²) in [5.41, 5.74) is -1.09. The van der Waals surface area contributed by atoms with Crippen molar-refractivity contribution in [2.45, 2.75) is 12.7 Å². The second-order valence-electron chi connectivity index (χ2n) is 4.14. The summed E-state index contributed by atoms with van der Waals surface area (Å²) in [5, 5.41) is 2.29. The van der Waals surface area contributed by atoms with Gasteiger partial charge < -0.3 is 17.7 Å². The zero-order chi connectivity index (χ0) is 14.6. The molecular weight excluding hydrogens is 305 g/mol. The second-order valence-corrected chi connectivity index (χ2v) is 4.14. The molecule has 21 heavy (non-hydrogen) atoms. The van der Waals surface area contributed by atoms with Gasteiger partial charge in [0.05, 0.1) is 11.3 Å². The minimum Gasteiger partial charge on any atom is -1.00 e. The first kappa shape index (κ1) is 17.0. The highest BCUT2D eigenvalue weighted by molar-refractivity contribution is 5.90. The minimum absolute atomic E-state index is 0. The number of carbonyl (C=O) groups excluding carboxylic acids is 1. The summed E-state index contributed by atoms with van der Waals surface area (Å²) in [5.74, 6) is -0.516. The first-order valence-corrected chi connectivity index (χ1v) is 5.87. The van der Waals surface area contributed by atoms with Crippen molar-refractivity contribution in [3.8, 4) is 0 Å². The first-order chi connectivity index (χ1) is 9.47. The number of carbonyl (C=O) groups is 1. The van der Waals surface area contributed by atoms with Gasteiger partial charge in [-0.1, -0.05) is 18.2 Å². The van der Waals surface area contributed by atoms with Crippen molar-refractivity contribution >= 4 is 11.6 Å². The molecule has 2 rings (SSSR count). The number of hydrogen-bond acceptors (Lipinski definition) is 1. The van der Waals surface area contributed by atoms with Gasteiger partial charge in [0.2, 0.25) is 6.54 Å². The van der Waals surface area contributed by atoms with E-state index >= 15 is 0 Å². The van der Waals surface area contributed by atoms with Crippen LogP contribution < -0.4 is 22.3 Å². The SMILES string of the molecule is O=C(C[n+]1ccccc1)Nc1ccccc1C(F)(F)F.[Cl-]. The highest BCUT2D eigenvalue weighted by Crippen LogP contribution is 2.34. The van der Waals surface area contributed by atoms with Crippen LogP contribution in [0, 0.1) is 0 Å². The standard InChI is InChI=1S/C14H11F3N2O.ClH/c15-14(16,17)11-6-2-3-7-12(11)18-13(20)10-19-8-4-1-5-9-19;/h1-9H,10H2;1H. The Morgan fingerprint density at radius 2 is 1.67 bits per heavy atom.